The Bertz CT molecular complexity index is 1140. The van der Waals surface area contributed by atoms with Crippen LogP contribution >= 0.6 is 11.6 Å². The molecule has 2 N–H and O–H groups in total. The second-order valence-electron chi connectivity index (χ2n) is 6.19. The highest BCUT2D eigenvalue weighted by Crippen LogP contribution is 2.38. The van der Waals surface area contributed by atoms with Gasteiger partial charge in [-0.05, 0) is 42.3 Å². The molecule has 0 saturated carbocycles. The summed E-state index contributed by atoms with van der Waals surface area (Å²) in [5, 5.41) is 23.4. The van der Waals surface area contributed by atoms with Crippen molar-refractivity contribution in [3.8, 4) is 11.5 Å². The Kier molecular flexibility index (Phi) is 5.43. The van der Waals surface area contributed by atoms with E-state index in [-0.39, 0.29) is 17.0 Å². The normalized spacial score (nSPS) is 15.4. The highest BCUT2D eigenvalue weighted by molar-refractivity contribution is 6.40. The molecule has 1 saturated heterocycles. The molecular formula is C19H14ClN3O7. The van der Waals surface area contributed by atoms with Gasteiger partial charge in [-0.3, -0.25) is 25.0 Å². The number of carbonyl (C=O) groups is 3. The minimum atomic E-state index is -0.976. The van der Waals surface area contributed by atoms with Crippen molar-refractivity contribution in [1.82, 2.24) is 5.32 Å². The third-order valence-corrected chi connectivity index (χ3v) is 4.80. The van der Waals surface area contributed by atoms with Crippen LogP contribution in [0.2, 0.25) is 5.02 Å². The first-order valence-corrected chi connectivity index (χ1v) is 8.75. The number of hydrogen-bond donors (Lipinski definition) is 2. The second-order valence-corrected chi connectivity index (χ2v) is 6.60. The molecule has 2 aromatic carbocycles. The topological polar surface area (TPSA) is 139 Å². The zero-order chi connectivity index (χ0) is 22.2. The van der Waals surface area contributed by atoms with Crippen LogP contribution in [0, 0.1) is 17.0 Å². The monoisotopic (exact) mass is 431 g/mol. The Morgan fingerprint density at radius 1 is 1.27 bits per heavy atom. The number of urea groups is 1. The molecule has 1 aliphatic rings. The number of nitrogens with one attached hydrogen (secondary N) is 1. The van der Waals surface area contributed by atoms with Gasteiger partial charge in [0.25, 0.3) is 11.8 Å². The lowest BCUT2D eigenvalue weighted by molar-refractivity contribution is -0.386. The van der Waals surface area contributed by atoms with Gasteiger partial charge in [-0.15, -0.1) is 0 Å². The average molecular weight is 432 g/mol. The molecule has 2 aromatic rings. The number of nitro benzene ring substituents is 1. The van der Waals surface area contributed by atoms with Crippen molar-refractivity contribution in [3.05, 3.63) is 62.2 Å². The first-order valence-electron chi connectivity index (χ1n) is 8.37. The Morgan fingerprint density at radius 2 is 1.97 bits per heavy atom. The molecule has 0 aliphatic carbocycles. The number of halogens is 1. The van der Waals surface area contributed by atoms with E-state index < -0.39 is 39.8 Å². The molecule has 0 radical (unpaired) electrons. The number of nitrogens with zero attached hydrogens (tertiary/aromatic N) is 2. The van der Waals surface area contributed by atoms with Gasteiger partial charge in [-0.25, -0.2) is 9.69 Å². The Morgan fingerprint density at radius 3 is 2.60 bits per heavy atom. The van der Waals surface area contributed by atoms with Crippen LogP contribution in [0.5, 0.6) is 11.5 Å². The standard InChI is InChI=1S/C19H14ClN3O7/c1-9-12(20)4-3-5-13(9)22-18(26)11(17(25)21-19(22)27)6-10-7-14(23(28)29)16(24)15(8-10)30-2/h3-8,24H,1-2H3,(H,21,25,27)/b11-6+. The number of aromatic hydroxyl groups is 1. The van der Waals surface area contributed by atoms with Crippen LogP contribution in [-0.4, -0.2) is 35.0 Å². The molecule has 30 heavy (non-hydrogen) atoms. The fourth-order valence-corrected chi connectivity index (χ4v) is 3.04. The summed E-state index contributed by atoms with van der Waals surface area (Å²) in [5.74, 6) is -2.84. The molecule has 1 fully saturated rings. The van der Waals surface area contributed by atoms with Gasteiger partial charge < -0.3 is 9.84 Å². The zero-order valence-electron chi connectivity index (χ0n) is 15.6. The molecule has 0 unspecified atom stereocenters. The van der Waals surface area contributed by atoms with Crippen molar-refractivity contribution in [3.63, 3.8) is 0 Å². The number of barbiturate groups is 1. The fraction of sp³-hybridized carbons (Fsp3) is 0.105. The van der Waals surface area contributed by atoms with Crippen molar-refractivity contribution in [2.24, 2.45) is 0 Å². The third-order valence-electron chi connectivity index (χ3n) is 4.39. The summed E-state index contributed by atoms with van der Waals surface area (Å²) in [7, 11) is 1.19. The molecule has 3 rings (SSSR count). The van der Waals surface area contributed by atoms with Crippen LogP contribution in [0.3, 0.4) is 0 Å². The molecule has 154 valence electrons. The largest absolute Gasteiger partial charge is 0.500 e. The molecule has 0 aromatic heterocycles. The van der Waals surface area contributed by atoms with Gasteiger partial charge in [0.1, 0.15) is 5.57 Å². The maximum absolute atomic E-state index is 13.0. The molecule has 1 aliphatic heterocycles. The number of anilines is 1. The number of phenolic OH excluding ortho intramolecular Hbond substituents is 1. The van der Waals surface area contributed by atoms with Gasteiger partial charge in [0.2, 0.25) is 5.75 Å². The van der Waals surface area contributed by atoms with E-state index in [9.17, 15) is 29.6 Å². The lowest BCUT2D eigenvalue weighted by atomic mass is 10.0. The van der Waals surface area contributed by atoms with E-state index in [4.69, 9.17) is 16.3 Å². The summed E-state index contributed by atoms with van der Waals surface area (Å²) in [6.07, 6.45) is 1.06. The molecule has 11 heteroatoms. The van der Waals surface area contributed by atoms with Gasteiger partial charge in [0.15, 0.2) is 5.75 Å². The van der Waals surface area contributed by atoms with Crippen molar-refractivity contribution in [1.29, 1.82) is 0 Å². The van der Waals surface area contributed by atoms with Gasteiger partial charge in [0.05, 0.1) is 17.7 Å². The number of rotatable bonds is 4. The number of nitro groups is 1. The van der Waals surface area contributed by atoms with Crippen molar-refractivity contribution < 1.29 is 29.2 Å². The smallest absolute Gasteiger partial charge is 0.335 e. The van der Waals surface area contributed by atoms with Crippen LogP contribution < -0.4 is 15.0 Å². The first-order chi connectivity index (χ1) is 14.1. The summed E-state index contributed by atoms with van der Waals surface area (Å²) < 4.78 is 4.91. The number of hydrogen-bond acceptors (Lipinski definition) is 7. The van der Waals surface area contributed by atoms with E-state index >= 15 is 0 Å². The number of carbonyl (C=O) groups excluding carboxylic acids is 3. The second kappa shape index (κ2) is 7.84. The molecule has 0 spiro atoms. The average Bonchev–Trinajstić information content (AvgIpc) is 2.69. The maximum Gasteiger partial charge on any atom is 0.335 e. The summed E-state index contributed by atoms with van der Waals surface area (Å²) in [6, 6.07) is 5.83. The highest BCUT2D eigenvalue weighted by atomic mass is 35.5. The quantitative estimate of drug-likeness (QED) is 0.328. The number of ether oxygens (including phenoxy) is 1. The predicted molar refractivity (Wildman–Crippen MR) is 107 cm³/mol. The molecule has 1 heterocycles. The van der Waals surface area contributed by atoms with Crippen molar-refractivity contribution in [2.75, 3.05) is 12.0 Å². The Balaban J connectivity index is 2.13. The molecule has 0 atom stereocenters. The van der Waals surface area contributed by atoms with Gasteiger partial charge >= 0.3 is 11.7 Å². The minimum absolute atomic E-state index is 0.0342. The van der Waals surface area contributed by atoms with E-state index in [1.54, 1.807) is 19.1 Å². The van der Waals surface area contributed by atoms with E-state index in [0.29, 0.717) is 10.6 Å². The van der Waals surface area contributed by atoms with E-state index in [1.165, 1.54) is 19.2 Å². The summed E-state index contributed by atoms with van der Waals surface area (Å²) in [5.41, 5.74) is -0.470. The number of amides is 4. The van der Waals surface area contributed by atoms with E-state index in [0.717, 1.165) is 17.0 Å². The van der Waals surface area contributed by atoms with Crippen LogP contribution in [-0.2, 0) is 9.59 Å². The summed E-state index contributed by atoms with van der Waals surface area (Å²) in [6.45, 7) is 1.60. The third kappa shape index (κ3) is 3.55. The van der Waals surface area contributed by atoms with E-state index in [2.05, 4.69) is 5.32 Å². The van der Waals surface area contributed by atoms with Gasteiger partial charge in [-0.1, -0.05) is 17.7 Å². The fourth-order valence-electron chi connectivity index (χ4n) is 2.87. The van der Waals surface area contributed by atoms with E-state index in [1.807, 2.05) is 0 Å². The first kappa shape index (κ1) is 20.8. The lowest BCUT2D eigenvalue weighted by Gasteiger charge is -2.27. The van der Waals surface area contributed by atoms with Gasteiger partial charge in [0, 0.05) is 11.1 Å². The Labute approximate surface area is 174 Å². The lowest BCUT2D eigenvalue weighted by Crippen LogP contribution is -2.54. The molecular weight excluding hydrogens is 418 g/mol. The van der Waals surface area contributed by atoms with Crippen LogP contribution in [0.4, 0.5) is 16.2 Å². The zero-order valence-corrected chi connectivity index (χ0v) is 16.4. The molecule has 10 nitrogen and oxygen atoms in total. The number of benzene rings is 2. The van der Waals surface area contributed by atoms with Crippen LogP contribution in [0.1, 0.15) is 11.1 Å². The Hall–Kier alpha value is -3.92. The van der Waals surface area contributed by atoms with Crippen LogP contribution in [0.25, 0.3) is 6.08 Å². The SMILES string of the molecule is COc1cc(/C=C2\C(=O)NC(=O)N(c3cccc(Cl)c3C)C2=O)cc([N+](=O)[O-])c1O. The minimum Gasteiger partial charge on any atom is -0.500 e. The summed E-state index contributed by atoms with van der Waals surface area (Å²) in [4.78, 5) is 48.7. The maximum atomic E-state index is 13.0. The van der Waals surface area contributed by atoms with Gasteiger partial charge in [-0.2, -0.15) is 0 Å². The number of imide groups is 2. The van der Waals surface area contributed by atoms with Crippen molar-refractivity contribution >= 4 is 46.9 Å². The van der Waals surface area contributed by atoms with Crippen LogP contribution in [0.15, 0.2) is 35.9 Å². The summed E-state index contributed by atoms with van der Waals surface area (Å²) >= 11 is 6.07. The predicted octanol–water partition coefficient (Wildman–Crippen LogP) is 2.94. The number of methoxy groups -OCH3 is 1. The molecule has 4 amide bonds. The molecule has 0 bridgehead atoms. The highest BCUT2D eigenvalue weighted by Gasteiger charge is 2.37. The van der Waals surface area contributed by atoms with Crippen molar-refractivity contribution in [2.45, 2.75) is 6.92 Å². The number of phenols is 1.